The van der Waals surface area contributed by atoms with Crippen molar-refractivity contribution in [3.05, 3.63) is 11.9 Å². The lowest BCUT2D eigenvalue weighted by atomic mass is 10.1. The number of carbonyl (C=O) groups excluding carboxylic acids is 1. The number of carbonyl (C=O) groups is 1. The van der Waals surface area contributed by atoms with Crippen LogP contribution in [-0.2, 0) is 9.53 Å². The fourth-order valence-corrected chi connectivity index (χ4v) is 1.38. The summed E-state index contributed by atoms with van der Waals surface area (Å²) in [7, 11) is 0. The number of halogens is 1. The Hall–Kier alpha value is -0.860. The van der Waals surface area contributed by atoms with Crippen LogP contribution in [-0.4, -0.2) is 12.6 Å². The third-order valence-electron chi connectivity index (χ3n) is 2.31. The van der Waals surface area contributed by atoms with Crippen LogP contribution in [0, 0.1) is 0 Å². The van der Waals surface area contributed by atoms with E-state index in [9.17, 15) is 9.18 Å². The third-order valence-corrected chi connectivity index (χ3v) is 2.31. The second kappa shape index (κ2) is 10.7. The molecule has 0 atom stereocenters. The Labute approximate surface area is 97.9 Å². The molecule has 0 spiro atoms. The minimum atomic E-state index is -0.824. The molecule has 0 aliphatic rings. The minimum Gasteiger partial charge on any atom is -0.460 e. The molecule has 3 heteroatoms. The molecule has 0 saturated carbocycles. The van der Waals surface area contributed by atoms with E-state index < -0.39 is 11.8 Å². The summed E-state index contributed by atoms with van der Waals surface area (Å²) in [5.41, 5.74) is 0. The molecular weight excluding hydrogens is 207 g/mol. The van der Waals surface area contributed by atoms with Gasteiger partial charge in [0.2, 0.25) is 5.83 Å². The fraction of sp³-hybridized carbons (Fsp3) is 0.769. The second-order valence-electron chi connectivity index (χ2n) is 3.86. The topological polar surface area (TPSA) is 26.3 Å². The van der Waals surface area contributed by atoms with E-state index in [1.165, 1.54) is 31.8 Å². The molecule has 0 N–H and O–H groups in total. The van der Waals surface area contributed by atoms with E-state index in [-0.39, 0.29) is 0 Å². The summed E-state index contributed by atoms with van der Waals surface area (Å²) in [5.74, 6) is -1.59. The van der Waals surface area contributed by atoms with E-state index in [0.29, 0.717) is 13.0 Å². The van der Waals surface area contributed by atoms with E-state index in [2.05, 4.69) is 6.92 Å². The van der Waals surface area contributed by atoms with Gasteiger partial charge in [0, 0.05) is 0 Å². The molecule has 0 aliphatic heterocycles. The van der Waals surface area contributed by atoms with Crippen molar-refractivity contribution in [1.82, 2.24) is 0 Å². The Bertz CT molecular complexity index is 212. The molecule has 0 saturated heterocycles. The molecule has 0 bridgehead atoms. The lowest BCUT2D eigenvalue weighted by Crippen LogP contribution is -2.06. The lowest BCUT2D eigenvalue weighted by Gasteiger charge is -2.03. The highest BCUT2D eigenvalue weighted by molar-refractivity contribution is 5.85. The second-order valence-corrected chi connectivity index (χ2v) is 3.86. The Kier molecular flexibility index (Phi) is 10.1. The van der Waals surface area contributed by atoms with Gasteiger partial charge < -0.3 is 4.74 Å². The zero-order valence-electron chi connectivity index (χ0n) is 10.4. The quantitative estimate of drug-likeness (QED) is 0.338. The van der Waals surface area contributed by atoms with Gasteiger partial charge in [-0.15, -0.1) is 0 Å². The van der Waals surface area contributed by atoms with Gasteiger partial charge in [0.25, 0.3) is 0 Å². The van der Waals surface area contributed by atoms with Crippen molar-refractivity contribution in [2.45, 2.75) is 58.8 Å². The minimum absolute atomic E-state index is 0.329. The highest BCUT2D eigenvalue weighted by atomic mass is 19.1. The van der Waals surface area contributed by atoms with Crippen LogP contribution in [0.15, 0.2) is 11.9 Å². The first-order valence-corrected chi connectivity index (χ1v) is 6.25. The van der Waals surface area contributed by atoms with Gasteiger partial charge in [-0.25, -0.2) is 4.79 Å². The largest absolute Gasteiger partial charge is 0.460 e. The standard InChI is InChI=1S/C13H23FO2/c1-3-5-6-7-8-9-11-16-13(15)12(14)10-4-2/h10H,3-9,11H2,1-2H3. The predicted octanol–water partition coefficient (Wildman–Crippen LogP) is 4.15. The summed E-state index contributed by atoms with van der Waals surface area (Å²) in [6, 6.07) is 0. The average molecular weight is 230 g/mol. The van der Waals surface area contributed by atoms with Crippen LogP contribution in [0.5, 0.6) is 0 Å². The van der Waals surface area contributed by atoms with Crippen LogP contribution < -0.4 is 0 Å². The van der Waals surface area contributed by atoms with E-state index in [1.54, 1.807) is 6.92 Å². The van der Waals surface area contributed by atoms with Crippen LogP contribution in [0.2, 0.25) is 0 Å². The summed E-state index contributed by atoms with van der Waals surface area (Å²) in [6.07, 6.45) is 8.51. The molecule has 0 unspecified atom stereocenters. The molecule has 0 fully saturated rings. The Morgan fingerprint density at radius 1 is 1.12 bits per heavy atom. The van der Waals surface area contributed by atoms with Gasteiger partial charge in [-0.05, 0) is 18.9 Å². The summed E-state index contributed by atoms with van der Waals surface area (Å²) < 4.78 is 17.6. The number of ether oxygens (including phenoxy) is 1. The van der Waals surface area contributed by atoms with Crippen LogP contribution in [0.4, 0.5) is 4.39 Å². The molecule has 0 heterocycles. The number of hydrogen-bond donors (Lipinski definition) is 0. The van der Waals surface area contributed by atoms with Gasteiger partial charge >= 0.3 is 5.97 Å². The average Bonchev–Trinajstić information content (AvgIpc) is 2.28. The van der Waals surface area contributed by atoms with Gasteiger partial charge in [-0.2, -0.15) is 4.39 Å². The molecule has 0 aromatic carbocycles. The number of allylic oxidation sites excluding steroid dienone is 1. The Balaban J connectivity index is 3.38. The molecule has 2 nitrogen and oxygen atoms in total. The van der Waals surface area contributed by atoms with E-state index in [1.807, 2.05) is 0 Å². The summed E-state index contributed by atoms with van der Waals surface area (Å²) in [4.78, 5) is 11.0. The van der Waals surface area contributed by atoms with Crippen molar-refractivity contribution in [3.8, 4) is 0 Å². The molecule has 16 heavy (non-hydrogen) atoms. The molecule has 94 valence electrons. The van der Waals surface area contributed by atoms with Crippen molar-refractivity contribution in [1.29, 1.82) is 0 Å². The normalized spacial score (nSPS) is 11.6. The van der Waals surface area contributed by atoms with Crippen molar-refractivity contribution >= 4 is 5.97 Å². The highest BCUT2D eigenvalue weighted by Gasteiger charge is 2.08. The van der Waals surface area contributed by atoms with Crippen LogP contribution in [0.1, 0.15) is 58.8 Å². The van der Waals surface area contributed by atoms with Crippen molar-refractivity contribution in [3.63, 3.8) is 0 Å². The predicted molar refractivity (Wildman–Crippen MR) is 63.8 cm³/mol. The monoisotopic (exact) mass is 230 g/mol. The van der Waals surface area contributed by atoms with Gasteiger partial charge in [-0.3, -0.25) is 0 Å². The Morgan fingerprint density at radius 2 is 1.75 bits per heavy atom. The van der Waals surface area contributed by atoms with Crippen LogP contribution in [0.3, 0.4) is 0 Å². The lowest BCUT2D eigenvalue weighted by molar-refractivity contribution is -0.140. The zero-order chi connectivity index (χ0) is 12.2. The zero-order valence-corrected chi connectivity index (χ0v) is 10.4. The molecule has 0 rings (SSSR count). The molecule has 0 radical (unpaired) electrons. The highest BCUT2D eigenvalue weighted by Crippen LogP contribution is 2.06. The molecule has 0 amide bonds. The number of esters is 1. The fourth-order valence-electron chi connectivity index (χ4n) is 1.38. The van der Waals surface area contributed by atoms with Gasteiger partial charge in [-0.1, -0.05) is 46.0 Å². The van der Waals surface area contributed by atoms with Crippen molar-refractivity contribution in [2.24, 2.45) is 0 Å². The first-order chi connectivity index (χ1) is 7.72. The number of hydrogen-bond acceptors (Lipinski definition) is 2. The van der Waals surface area contributed by atoms with E-state index in [4.69, 9.17) is 4.74 Å². The maximum atomic E-state index is 12.9. The van der Waals surface area contributed by atoms with Crippen molar-refractivity contribution in [2.75, 3.05) is 6.61 Å². The smallest absolute Gasteiger partial charge is 0.366 e. The molecule has 0 aromatic heterocycles. The summed E-state index contributed by atoms with van der Waals surface area (Å²) >= 11 is 0. The SMILES string of the molecule is CCC=C(F)C(=O)OCCCCCCCC. The molecular formula is C13H23FO2. The van der Waals surface area contributed by atoms with Crippen LogP contribution >= 0.6 is 0 Å². The number of unbranched alkanes of at least 4 members (excludes halogenated alkanes) is 5. The van der Waals surface area contributed by atoms with E-state index in [0.717, 1.165) is 12.8 Å². The summed E-state index contributed by atoms with van der Waals surface area (Å²) in [6.45, 7) is 4.28. The van der Waals surface area contributed by atoms with E-state index >= 15 is 0 Å². The number of rotatable bonds is 9. The van der Waals surface area contributed by atoms with Gasteiger partial charge in [0.1, 0.15) is 0 Å². The first-order valence-electron chi connectivity index (χ1n) is 6.25. The van der Waals surface area contributed by atoms with Crippen LogP contribution in [0.25, 0.3) is 0 Å². The first kappa shape index (κ1) is 15.1. The van der Waals surface area contributed by atoms with Gasteiger partial charge in [0.15, 0.2) is 0 Å². The van der Waals surface area contributed by atoms with Gasteiger partial charge in [0.05, 0.1) is 6.61 Å². The maximum Gasteiger partial charge on any atom is 0.366 e. The Morgan fingerprint density at radius 3 is 2.38 bits per heavy atom. The molecule has 0 aromatic rings. The maximum absolute atomic E-state index is 12.9. The summed E-state index contributed by atoms with van der Waals surface area (Å²) in [5, 5.41) is 0. The van der Waals surface area contributed by atoms with Crippen molar-refractivity contribution < 1.29 is 13.9 Å². The third kappa shape index (κ3) is 8.45. The molecule has 0 aliphatic carbocycles.